The molecule has 0 N–H and O–H groups in total. The van der Waals surface area contributed by atoms with Gasteiger partial charge in [0.25, 0.3) is 5.91 Å². The van der Waals surface area contributed by atoms with Gasteiger partial charge in [-0.05, 0) is 42.5 Å². The summed E-state index contributed by atoms with van der Waals surface area (Å²) >= 11 is 12.8. The number of hydrogen-bond acceptors (Lipinski definition) is 2. The second kappa shape index (κ2) is 8.29. The van der Waals surface area contributed by atoms with E-state index in [9.17, 15) is 4.79 Å². The van der Waals surface area contributed by atoms with E-state index in [1.54, 1.807) is 0 Å². The number of fused-ring (bicyclic) bond motifs is 1. The number of halogens is 2. The van der Waals surface area contributed by atoms with Crippen LogP contribution in [0.25, 0.3) is 16.6 Å². The zero-order valence-corrected chi connectivity index (χ0v) is 18.4. The number of piperazine rings is 1. The highest BCUT2D eigenvalue weighted by Crippen LogP contribution is 2.34. The standard InChI is InChI=1S/C25H21Cl2N3O/c26-18-10-12-19(13-11-18)28-14-16-29(17-15-28)25(31)23-21-8-4-5-9-22(21)30(24(23)27)20-6-2-1-3-7-20/h1-13H,14-17H2. The fraction of sp³-hybridized carbons (Fsp3) is 0.160. The van der Waals surface area contributed by atoms with Crippen LogP contribution in [0.3, 0.4) is 0 Å². The van der Waals surface area contributed by atoms with Gasteiger partial charge in [0.05, 0.1) is 11.1 Å². The van der Waals surface area contributed by atoms with Crippen molar-refractivity contribution in [1.29, 1.82) is 0 Å². The van der Waals surface area contributed by atoms with Gasteiger partial charge >= 0.3 is 0 Å². The molecule has 0 aliphatic carbocycles. The van der Waals surface area contributed by atoms with Crippen LogP contribution in [-0.4, -0.2) is 41.6 Å². The lowest BCUT2D eigenvalue weighted by Crippen LogP contribution is -2.48. The molecular formula is C25H21Cl2N3O. The number of nitrogens with zero attached hydrogens (tertiary/aromatic N) is 3. The molecule has 1 aliphatic rings. The summed E-state index contributed by atoms with van der Waals surface area (Å²) in [5.41, 5.74) is 3.56. The molecule has 0 bridgehead atoms. The van der Waals surface area contributed by atoms with Gasteiger partial charge in [0.2, 0.25) is 0 Å². The van der Waals surface area contributed by atoms with Crippen molar-refractivity contribution in [2.45, 2.75) is 0 Å². The Balaban J connectivity index is 1.44. The van der Waals surface area contributed by atoms with Crippen LogP contribution < -0.4 is 4.90 Å². The van der Waals surface area contributed by atoms with Crippen LogP contribution in [0.4, 0.5) is 5.69 Å². The zero-order valence-electron chi connectivity index (χ0n) is 16.8. The van der Waals surface area contributed by atoms with Crippen LogP contribution in [0, 0.1) is 0 Å². The van der Waals surface area contributed by atoms with Gasteiger partial charge in [-0.15, -0.1) is 0 Å². The van der Waals surface area contributed by atoms with Crippen molar-refractivity contribution in [3.63, 3.8) is 0 Å². The van der Waals surface area contributed by atoms with Crippen LogP contribution in [0.1, 0.15) is 10.4 Å². The highest BCUT2D eigenvalue weighted by molar-refractivity contribution is 6.36. The van der Waals surface area contributed by atoms with Gasteiger partial charge in [-0.3, -0.25) is 9.36 Å². The molecule has 3 aromatic carbocycles. The molecule has 0 unspecified atom stereocenters. The van der Waals surface area contributed by atoms with Gasteiger partial charge in [-0.25, -0.2) is 0 Å². The Labute approximate surface area is 191 Å². The van der Waals surface area contributed by atoms with Crippen molar-refractivity contribution in [1.82, 2.24) is 9.47 Å². The Morgan fingerprint density at radius 2 is 1.35 bits per heavy atom. The van der Waals surface area contributed by atoms with Crippen LogP contribution >= 0.6 is 23.2 Å². The van der Waals surface area contributed by atoms with E-state index in [0.717, 1.165) is 40.4 Å². The van der Waals surface area contributed by atoms with Gasteiger partial charge in [0, 0.05) is 48.0 Å². The van der Waals surface area contributed by atoms with E-state index in [0.29, 0.717) is 23.8 Å². The van der Waals surface area contributed by atoms with Gasteiger partial charge in [0.15, 0.2) is 0 Å². The monoisotopic (exact) mass is 449 g/mol. The summed E-state index contributed by atoms with van der Waals surface area (Å²) in [6.45, 7) is 2.82. The SMILES string of the molecule is O=C(c1c(Cl)n(-c2ccccc2)c2ccccc12)N1CCN(c2ccc(Cl)cc2)CC1. The van der Waals surface area contributed by atoms with Crippen molar-refractivity contribution in [3.05, 3.63) is 94.6 Å². The smallest absolute Gasteiger partial charge is 0.257 e. The number of carbonyl (C=O) groups excluding carboxylic acids is 1. The molecule has 0 spiro atoms. The quantitative estimate of drug-likeness (QED) is 0.389. The van der Waals surface area contributed by atoms with Gasteiger partial charge < -0.3 is 9.80 Å². The first kappa shape index (κ1) is 20.0. The van der Waals surface area contributed by atoms with E-state index in [2.05, 4.69) is 4.90 Å². The third kappa shape index (κ3) is 3.67. The number of para-hydroxylation sites is 2. The summed E-state index contributed by atoms with van der Waals surface area (Å²) < 4.78 is 1.95. The van der Waals surface area contributed by atoms with Gasteiger partial charge in [0.1, 0.15) is 5.15 Å². The molecule has 5 rings (SSSR count). The Morgan fingerprint density at radius 1 is 0.710 bits per heavy atom. The van der Waals surface area contributed by atoms with Crippen LogP contribution in [-0.2, 0) is 0 Å². The molecule has 0 radical (unpaired) electrons. The predicted octanol–water partition coefficient (Wildman–Crippen LogP) is 5.90. The van der Waals surface area contributed by atoms with E-state index in [-0.39, 0.29) is 5.91 Å². The number of aromatic nitrogens is 1. The molecule has 156 valence electrons. The number of benzene rings is 3. The lowest BCUT2D eigenvalue weighted by molar-refractivity contribution is 0.0749. The Morgan fingerprint density at radius 3 is 2.06 bits per heavy atom. The van der Waals surface area contributed by atoms with Crippen molar-refractivity contribution >= 4 is 45.7 Å². The van der Waals surface area contributed by atoms with Gasteiger partial charge in [-0.2, -0.15) is 0 Å². The second-order valence-electron chi connectivity index (χ2n) is 7.61. The van der Waals surface area contributed by atoms with E-state index >= 15 is 0 Å². The third-order valence-electron chi connectivity index (χ3n) is 5.80. The van der Waals surface area contributed by atoms with Crippen LogP contribution in [0.15, 0.2) is 78.9 Å². The summed E-state index contributed by atoms with van der Waals surface area (Å²) in [4.78, 5) is 17.7. The van der Waals surface area contributed by atoms with Crippen LogP contribution in [0.5, 0.6) is 0 Å². The summed E-state index contributed by atoms with van der Waals surface area (Å²) in [6, 6.07) is 25.6. The first-order chi connectivity index (χ1) is 15.1. The molecule has 0 atom stereocenters. The Hall–Kier alpha value is -2.95. The van der Waals surface area contributed by atoms with E-state index < -0.39 is 0 Å². The minimum atomic E-state index is -0.0216. The molecule has 1 aliphatic heterocycles. The summed E-state index contributed by atoms with van der Waals surface area (Å²) in [7, 11) is 0. The number of amides is 1. The summed E-state index contributed by atoms with van der Waals surface area (Å²) in [6.07, 6.45) is 0. The first-order valence-corrected chi connectivity index (χ1v) is 11.0. The predicted molar refractivity (Wildman–Crippen MR) is 128 cm³/mol. The summed E-state index contributed by atoms with van der Waals surface area (Å²) in [5.74, 6) is -0.0216. The molecule has 4 nitrogen and oxygen atoms in total. The summed E-state index contributed by atoms with van der Waals surface area (Å²) in [5, 5.41) is 2.06. The van der Waals surface area contributed by atoms with E-state index in [1.165, 1.54) is 0 Å². The molecule has 1 amide bonds. The maximum atomic E-state index is 13.6. The van der Waals surface area contributed by atoms with Crippen LogP contribution in [0.2, 0.25) is 10.2 Å². The fourth-order valence-corrected chi connectivity index (χ4v) is 4.72. The fourth-order valence-electron chi connectivity index (χ4n) is 4.22. The molecule has 1 saturated heterocycles. The minimum absolute atomic E-state index is 0.0216. The minimum Gasteiger partial charge on any atom is -0.368 e. The van der Waals surface area contributed by atoms with Crippen molar-refractivity contribution in [2.75, 3.05) is 31.1 Å². The second-order valence-corrected chi connectivity index (χ2v) is 8.40. The number of rotatable bonds is 3. The Bertz CT molecular complexity index is 1230. The maximum absolute atomic E-state index is 13.6. The maximum Gasteiger partial charge on any atom is 0.257 e. The first-order valence-electron chi connectivity index (χ1n) is 10.3. The molecule has 2 heterocycles. The zero-order chi connectivity index (χ0) is 21.4. The highest BCUT2D eigenvalue weighted by Gasteiger charge is 2.28. The lowest BCUT2D eigenvalue weighted by atomic mass is 10.1. The Kier molecular flexibility index (Phi) is 5.34. The topological polar surface area (TPSA) is 28.5 Å². The molecule has 1 aromatic heterocycles. The number of anilines is 1. The van der Waals surface area contributed by atoms with E-state index in [4.69, 9.17) is 23.2 Å². The average molecular weight is 450 g/mol. The van der Waals surface area contributed by atoms with Crippen molar-refractivity contribution in [3.8, 4) is 5.69 Å². The third-order valence-corrected chi connectivity index (χ3v) is 6.41. The molecule has 1 fully saturated rings. The molecule has 6 heteroatoms. The molecule has 4 aromatic rings. The van der Waals surface area contributed by atoms with Crippen molar-refractivity contribution in [2.24, 2.45) is 0 Å². The largest absolute Gasteiger partial charge is 0.368 e. The van der Waals surface area contributed by atoms with Crippen molar-refractivity contribution < 1.29 is 4.79 Å². The number of hydrogen-bond donors (Lipinski definition) is 0. The molecular weight excluding hydrogens is 429 g/mol. The average Bonchev–Trinajstić information content (AvgIpc) is 3.11. The highest BCUT2D eigenvalue weighted by atomic mass is 35.5. The van der Waals surface area contributed by atoms with E-state index in [1.807, 2.05) is 88.3 Å². The molecule has 31 heavy (non-hydrogen) atoms. The number of carbonyl (C=O) groups is 1. The lowest BCUT2D eigenvalue weighted by Gasteiger charge is -2.36. The normalized spacial score (nSPS) is 14.3. The van der Waals surface area contributed by atoms with Gasteiger partial charge in [-0.1, -0.05) is 59.6 Å². The molecule has 0 saturated carbocycles.